The van der Waals surface area contributed by atoms with Crippen LogP contribution in [-0.2, 0) is 0 Å². The smallest absolute Gasteiger partial charge is 0.332 e. The molecular formula is C11H19N3O. The monoisotopic (exact) mass is 209 g/mol. The number of hydrogen-bond acceptors (Lipinski definition) is 2. The number of nitrogens with one attached hydrogen (secondary N) is 1. The van der Waals surface area contributed by atoms with E-state index in [1.54, 1.807) is 6.21 Å². The molecule has 1 aliphatic carbocycles. The first kappa shape index (κ1) is 11.8. The van der Waals surface area contributed by atoms with Crippen molar-refractivity contribution in [3.05, 3.63) is 11.6 Å². The fraction of sp³-hybridized carbons (Fsp3) is 0.636. The summed E-state index contributed by atoms with van der Waals surface area (Å²) in [5, 5.41) is 3.84. The summed E-state index contributed by atoms with van der Waals surface area (Å²) in [6, 6.07) is -0.617. The Morgan fingerprint density at radius 2 is 2.33 bits per heavy atom. The first-order valence-corrected chi connectivity index (χ1v) is 5.26. The van der Waals surface area contributed by atoms with E-state index in [9.17, 15) is 4.79 Å². The molecule has 1 aliphatic rings. The molecule has 0 saturated carbocycles. The average molecular weight is 209 g/mol. The molecule has 0 aromatic rings. The standard InChI is InChI=1S/C11H19N3O/c1-7-4-8(2)10(9(3)5-7)6-13-14-11(12)15/h4,6,8-10H,5H2,1-3H3,(H3,12,14,15)/b13-6+. The van der Waals surface area contributed by atoms with Crippen LogP contribution in [0.3, 0.4) is 0 Å². The fourth-order valence-corrected chi connectivity index (χ4v) is 2.26. The second kappa shape index (κ2) is 4.96. The molecule has 4 heteroatoms. The van der Waals surface area contributed by atoms with E-state index in [1.807, 2.05) is 0 Å². The van der Waals surface area contributed by atoms with Gasteiger partial charge in [0.05, 0.1) is 0 Å². The van der Waals surface area contributed by atoms with E-state index in [4.69, 9.17) is 5.73 Å². The molecule has 1 rings (SSSR count). The van der Waals surface area contributed by atoms with Crippen LogP contribution in [-0.4, -0.2) is 12.2 Å². The predicted molar refractivity (Wildman–Crippen MR) is 61.4 cm³/mol. The quantitative estimate of drug-likeness (QED) is 0.407. The second-order valence-corrected chi connectivity index (χ2v) is 4.39. The van der Waals surface area contributed by atoms with Gasteiger partial charge in [-0.3, -0.25) is 0 Å². The molecule has 0 aromatic heterocycles. The summed E-state index contributed by atoms with van der Waals surface area (Å²) in [5.74, 6) is 1.40. The molecule has 3 unspecified atom stereocenters. The number of primary amides is 1. The number of carbonyl (C=O) groups excluding carboxylic acids is 1. The number of allylic oxidation sites excluding steroid dienone is 2. The van der Waals surface area contributed by atoms with Crippen LogP contribution in [0.5, 0.6) is 0 Å². The Labute approximate surface area is 90.6 Å². The third-order valence-corrected chi connectivity index (χ3v) is 2.88. The van der Waals surface area contributed by atoms with Crippen molar-refractivity contribution in [1.82, 2.24) is 5.43 Å². The molecular weight excluding hydrogens is 190 g/mol. The van der Waals surface area contributed by atoms with Crippen LogP contribution in [0.15, 0.2) is 16.8 Å². The van der Waals surface area contributed by atoms with E-state index < -0.39 is 6.03 Å². The molecule has 0 radical (unpaired) electrons. The predicted octanol–water partition coefficient (Wildman–Crippen LogP) is 1.88. The van der Waals surface area contributed by atoms with Crippen molar-refractivity contribution in [2.24, 2.45) is 28.6 Å². The van der Waals surface area contributed by atoms with Gasteiger partial charge in [0.2, 0.25) is 0 Å². The zero-order valence-corrected chi connectivity index (χ0v) is 9.53. The van der Waals surface area contributed by atoms with Gasteiger partial charge in [0.25, 0.3) is 0 Å². The lowest BCUT2D eigenvalue weighted by molar-refractivity contribution is 0.249. The number of carbonyl (C=O) groups is 1. The Morgan fingerprint density at radius 3 is 2.87 bits per heavy atom. The maximum absolute atomic E-state index is 10.4. The number of urea groups is 1. The minimum absolute atomic E-state index is 0.376. The summed E-state index contributed by atoms with van der Waals surface area (Å²) in [5.41, 5.74) is 8.59. The summed E-state index contributed by atoms with van der Waals surface area (Å²) in [6.07, 6.45) is 5.15. The van der Waals surface area contributed by atoms with E-state index in [0.717, 1.165) is 6.42 Å². The number of nitrogens with two attached hydrogens (primary N) is 1. The maximum atomic E-state index is 10.4. The van der Waals surface area contributed by atoms with Gasteiger partial charge in [-0.05, 0) is 25.2 Å². The first-order chi connectivity index (χ1) is 7.00. The molecule has 0 saturated heterocycles. The first-order valence-electron chi connectivity index (χ1n) is 5.26. The lowest BCUT2D eigenvalue weighted by atomic mass is 9.76. The minimum atomic E-state index is -0.617. The molecule has 0 fully saturated rings. The average Bonchev–Trinajstić information content (AvgIpc) is 2.08. The van der Waals surface area contributed by atoms with E-state index >= 15 is 0 Å². The SMILES string of the molecule is CC1=CC(C)C(/C=N/NC(N)=O)C(C)C1. The van der Waals surface area contributed by atoms with Gasteiger partial charge in [0, 0.05) is 12.1 Å². The Morgan fingerprint density at radius 1 is 1.67 bits per heavy atom. The fourth-order valence-electron chi connectivity index (χ4n) is 2.26. The van der Waals surface area contributed by atoms with Crippen LogP contribution in [0.2, 0.25) is 0 Å². The van der Waals surface area contributed by atoms with Crippen molar-refractivity contribution >= 4 is 12.2 Å². The van der Waals surface area contributed by atoms with E-state index in [2.05, 4.69) is 37.4 Å². The summed E-state index contributed by atoms with van der Waals surface area (Å²) in [7, 11) is 0. The number of nitrogens with zero attached hydrogens (tertiary/aromatic N) is 1. The Balaban J connectivity index is 2.61. The number of amides is 2. The molecule has 0 aliphatic heterocycles. The molecule has 2 amide bonds. The van der Waals surface area contributed by atoms with E-state index in [1.165, 1.54) is 5.57 Å². The van der Waals surface area contributed by atoms with Gasteiger partial charge < -0.3 is 5.73 Å². The summed E-state index contributed by atoms with van der Waals surface area (Å²) >= 11 is 0. The Hall–Kier alpha value is -1.32. The molecule has 0 spiro atoms. The lowest BCUT2D eigenvalue weighted by Crippen LogP contribution is -2.28. The zero-order chi connectivity index (χ0) is 11.4. The number of hydrazone groups is 1. The molecule has 0 aromatic carbocycles. The van der Waals surface area contributed by atoms with Gasteiger partial charge in [0.1, 0.15) is 0 Å². The Bertz CT molecular complexity index is 296. The zero-order valence-electron chi connectivity index (χ0n) is 9.53. The highest BCUT2D eigenvalue weighted by molar-refractivity contribution is 5.73. The highest BCUT2D eigenvalue weighted by atomic mass is 16.2. The van der Waals surface area contributed by atoms with Crippen LogP contribution in [0.4, 0.5) is 4.79 Å². The van der Waals surface area contributed by atoms with Crippen LogP contribution < -0.4 is 11.2 Å². The third kappa shape index (κ3) is 3.38. The van der Waals surface area contributed by atoms with E-state index in [-0.39, 0.29) is 0 Å². The summed E-state index contributed by atoms with van der Waals surface area (Å²) in [6.45, 7) is 6.52. The number of hydrogen-bond donors (Lipinski definition) is 2. The van der Waals surface area contributed by atoms with Crippen molar-refractivity contribution in [3.8, 4) is 0 Å². The summed E-state index contributed by atoms with van der Waals surface area (Å²) < 4.78 is 0. The molecule has 0 heterocycles. The Kier molecular flexibility index (Phi) is 3.88. The molecule has 15 heavy (non-hydrogen) atoms. The van der Waals surface area contributed by atoms with Crippen LogP contribution >= 0.6 is 0 Å². The van der Waals surface area contributed by atoms with Crippen molar-refractivity contribution in [2.75, 3.05) is 0 Å². The summed E-state index contributed by atoms with van der Waals surface area (Å²) in [4.78, 5) is 10.4. The lowest BCUT2D eigenvalue weighted by Gasteiger charge is -2.29. The van der Waals surface area contributed by atoms with Gasteiger partial charge in [-0.25, -0.2) is 10.2 Å². The van der Waals surface area contributed by atoms with E-state index in [0.29, 0.717) is 17.8 Å². The van der Waals surface area contributed by atoms with Gasteiger partial charge in [-0.15, -0.1) is 0 Å². The van der Waals surface area contributed by atoms with Gasteiger partial charge in [-0.2, -0.15) is 5.10 Å². The molecule has 4 nitrogen and oxygen atoms in total. The number of rotatable bonds is 2. The molecule has 3 N–H and O–H groups in total. The molecule has 3 atom stereocenters. The van der Waals surface area contributed by atoms with Crippen molar-refractivity contribution in [3.63, 3.8) is 0 Å². The minimum Gasteiger partial charge on any atom is -0.350 e. The van der Waals surface area contributed by atoms with Crippen LogP contribution in [0.25, 0.3) is 0 Å². The maximum Gasteiger partial charge on any atom is 0.332 e. The normalized spacial score (nSPS) is 31.4. The third-order valence-electron chi connectivity index (χ3n) is 2.88. The highest BCUT2D eigenvalue weighted by Gasteiger charge is 2.25. The highest BCUT2D eigenvalue weighted by Crippen LogP contribution is 2.31. The van der Waals surface area contributed by atoms with Gasteiger partial charge in [0.15, 0.2) is 0 Å². The second-order valence-electron chi connectivity index (χ2n) is 4.39. The topological polar surface area (TPSA) is 67.5 Å². The largest absolute Gasteiger partial charge is 0.350 e. The van der Waals surface area contributed by atoms with Crippen LogP contribution in [0.1, 0.15) is 27.2 Å². The van der Waals surface area contributed by atoms with Gasteiger partial charge in [-0.1, -0.05) is 25.5 Å². The van der Waals surface area contributed by atoms with Crippen molar-refractivity contribution < 1.29 is 4.79 Å². The van der Waals surface area contributed by atoms with Crippen molar-refractivity contribution in [2.45, 2.75) is 27.2 Å². The molecule has 84 valence electrons. The molecule has 0 bridgehead atoms. The van der Waals surface area contributed by atoms with Gasteiger partial charge >= 0.3 is 6.03 Å². The van der Waals surface area contributed by atoms with Crippen LogP contribution in [0, 0.1) is 17.8 Å². The van der Waals surface area contributed by atoms with Crippen molar-refractivity contribution in [1.29, 1.82) is 0 Å².